The summed E-state index contributed by atoms with van der Waals surface area (Å²) >= 11 is 11.8. The lowest BCUT2D eigenvalue weighted by Gasteiger charge is -2.09. The lowest BCUT2D eigenvalue weighted by Crippen LogP contribution is -2.19. The summed E-state index contributed by atoms with van der Waals surface area (Å²) in [6, 6.07) is 8.69. The fraction of sp³-hybridized carbons (Fsp3) is 0. The minimum Gasteiger partial charge on any atom is -0.436 e. The molecule has 0 unspecified atom stereocenters. The number of hydrogen-bond donors (Lipinski definition) is 1. The van der Waals surface area contributed by atoms with Crippen molar-refractivity contribution in [3.8, 4) is 11.5 Å². The molecule has 1 amide bonds. The Morgan fingerprint density at radius 2 is 1.48 bits per heavy atom. The highest BCUT2D eigenvalue weighted by atomic mass is 35.5. The molecule has 0 aliphatic rings. The lowest BCUT2D eigenvalue weighted by molar-refractivity contribution is 0.101. The minimum absolute atomic E-state index is 0.0181. The van der Waals surface area contributed by atoms with Crippen molar-refractivity contribution in [2.45, 2.75) is 0 Å². The summed E-state index contributed by atoms with van der Waals surface area (Å²) in [6.07, 6.45) is 0. The molecule has 1 N–H and O–H groups in total. The maximum atomic E-state index is 13.8. The molecule has 0 atom stereocenters. The molecule has 0 aliphatic heterocycles. The minimum atomic E-state index is -2.36. The van der Waals surface area contributed by atoms with Gasteiger partial charge in [0, 0.05) is 11.3 Å². The van der Waals surface area contributed by atoms with E-state index in [0.717, 1.165) is 0 Å². The van der Waals surface area contributed by atoms with Gasteiger partial charge in [0.2, 0.25) is 11.7 Å². The molecule has 0 saturated heterocycles. The van der Waals surface area contributed by atoms with Crippen molar-refractivity contribution in [1.29, 1.82) is 0 Å². The van der Waals surface area contributed by atoms with Crippen LogP contribution < -0.4 is 5.32 Å². The van der Waals surface area contributed by atoms with Crippen LogP contribution in [-0.2, 0) is 0 Å². The molecule has 1 aromatic heterocycles. The van der Waals surface area contributed by atoms with E-state index >= 15 is 0 Å². The second kappa shape index (κ2) is 7.82. The highest BCUT2D eigenvalue weighted by Crippen LogP contribution is 2.31. The van der Waals surface area contributed by atoms with Crippen molar-refractivity contribution in [2.75, 3.05) is 5.32 Å². The number of aromatic nitrogens is 1. The Morgan fingerprint density at radius 3 is 2.13 bits per heavy atom. The summed E-state index contributed by atoms with van der Waals surface area (Å²) in [5, 5.41) is 2.68. The number of rotatable bonds is 3. The summed E-state index contributed by atoms with van der Waals surface area (Å²) in [5.74, 6) is -12.6. The third kappa shape index (κ3) is 3.70. The van der Waals surface area contributed by atoms with Crippen molar-refractivity contribution >= 4 is 45.9 Å². The normalized spacial score (nSPS) is 11.2. The Hall–Kier alpha value is -3.17. The molecule has 0 fully saturated rings. The number of halogens is 7. The topological polar surface area (TPSA) is 55.1 Å². The molecule has 0 spiro atoms. The number of nitrogens with one attached hydrogen (secondary N) is 1. The van der Waals surface area contributed by atoms with Gasteiger partial charge < -0.3 is 9.73 Å². The molecule has 0 radical (unpaired) electrons. The molecule has 4 aromatic rings. The van der Waals surface area contributed by atoms with Crippen LogP contribution in [0.4, 0.5) is 27.6 Å². The first kappa shape index (κ1) is 21.1. The van der Waals surface area contributed by atoms with E-state index in [1.54, 1.807) is 12.1 Å². The average Bonchev–Trinajstić information content (AvgIpc) is 3.16. The van der Waals surface area contributed by atoms with Crippen molar-refractivity contribution in [3.63, 3.8) is 0 Å². The number of benzene rings is 3. The van der Waals surface area contributed by atoms with Gasteiger partial charge in [-0.25, -0.2) is 26.9 Å². The largest absolute Gasteiger partial charge is 0.436 e. The Kier molecular flexibility index (Phi) is 5.32. The highest BCUT2D eigenvalue weighted by molar-refractivity contribution is 6.42. The van der Waals surface area contributed by atoms with E-state index in [2.05, 4.69) is 10.3 Å². The third-order valence-electron chi connectivity index (χ3n) is 4.25. The van der Waals surface area contributed by atoms with Gasteiger partial charge in [-0.1, -0.05) is 23.2 Å². The zero-order valence-corrected chi connectivity index (χ0v) is 16.4. The number of carbonyl (C=O) groups is 1. The molecule has 31 heavy (non-hydrogen) atoms. The summed E-state index contributed by atoms with van der Waals surface area (Å²) in [7, 11) is 0. The van der Waals surface area contributed by atoms with Crippen LogP contribution in [0.25, 0.3) is 22.6 Å². The SMILES string of the molecule is O=C(Nc1ccc2oc(-c3ccc(Cl)c(Cl)c3)nc2c1)c1c(F)c(F)c(F)c(F)c1F. The van der Waals surface area contributed by atoms with Gasteiger partial charge in [-0.2, -0.15) is 0 Å². The van der Waals surface area contributed by atoms with E-state index < -0.39 is 40.6 Å². The van der Waals surface area contributed by atoms with Crippen LogP contribution in [0.1, 0.15) is 10.4 Å². The molecule has 0 aliphatic carbocycles. The first-order valence-electron chi connectivity index (χ1n) is 8.36. The van der Waals surface area contributed by atoms with Gasteiger partial charge in [0.1, 0.15) is 11.1 Å². The number of hydrogen-bond acceptors (Lipinski definition) is 3. The van der Waals surface area contributed by atoms with Gasteiger partial charge in [-0.15, -0.1) is 0 Å². The Labute approximate surface area is 180 Å². The Bertz CT molecular complexity index is 1340. The van der Waals surface area contributed by atoms with Gasteiger partial charge in [0.05, 0.1) is 10.0 Å². The summed E-state index contributed by atoms with van der Waals surface area (Å²) in [5.41, 5.74) is -0.562. The van der Waals surface area contributed by atoms with E-state index in [4.69, 9.17) is 27.6 Å². The molecule has 4 rings (SSSR count). The third-order valence-corrected chi connectivity index (χ3v) is 4.99. The lowest BCUT2D eigenvalue weighted by atomic mass is 10.1. The predicted octanol–water partition coefficient (Wildman–Crippen LogP) is 6.75. The molecule has 3 aromatic carbocycles. The van der Waals surface area contributed by atoms with E-state index in [9.17, 15) is 26.7 Å². The first-order valence-corrected chi connectivity index (χ1v) is 9.11. The maximum absolute atomic E-state index is 13.8. The van der Waals surface area contributed by atoms with Crippen molar-refractivity contribution in [2.24, 2.45) is 0 Å². The zero-order chi connectivity index (χ0) is 22.4. The summed E-state index contributed by atoms with van der Waals surface area (Å²) in [4.78, 5) is 16.4. The van der Waals surface area contributed by atoms with Crippen molar-refractivity contribution < 1.29 is 31.2 Å². The standard InChI is InChI=1S/C20H7Cl2F5N2O2/c21-9-3-1-7(5-10(9)22)20-29-11-6-8(2-4-12(11)31-20)28-19(30)13-14(23)16(25)18(27)17(26)15(13)24/h1-6H,(H,28,30). The fourth-order valence-electron chi connectivity index (χ4n) is 2.76. The molecule has 11 heteroatoms. The number of carbonyl (C=O) groups excluding carboxylic acids is 1. The van der Waals surface area contributed by atoms with Gasteiger partial charge in [-0.3, -0.25) is 4.79 Å². The molecule has 4 nitrogen and oxygen atoms in total. The quantitative estimate of drug-likeness (QED) is 0.204. The molecule has 0 saturated carbocycles. The number of anilines is 1. The average molecular weight is 473 g/mol. The summed E-state index contributed by atoms with van der Waals surface area (Å²) < 4.78 is 73.1. The highest BCUT2D eigenvalue weighted by Gasteiger charge is 2.29. The van der Waals surface area contributed by atoms with Crippen LogP contribution in [0, 0.1) is 29.1 Å². The predicted molar refractivity (Wildman–Crippen MR) is 104 cm³/mol. The maximum Gasteiger partial charge on any atom is 0.261 e. The Balaban J connectivity index is 1.67. The zero-order valence-electron chi connectivity index (χ0n) is 14.9. The van der Waals surface area contributed by atoms with Gasteiger partial charge in [0.25, 0.3) is 5.91 Å². The second-order valence-electron chi connectivity index (χ2n) is 6.23. The molecular formula is C20H7Cl2F5N2O2. The molecule has 158 valence electrons. The number of nitrogens with zero attached hydrogens (tertiary/aromatic N) is 1. The molecular weight excluding hydrogens is 466 g/mol. The van der Waals surface area contributed by atoms with Crippen molar-refractivity contribution in [3.05, 3.63) is 81.1 Å². The number of amides is 1. The van der Waals surface area contributed by atoms with E-state index in [0.29, 0.717) is 16.2 Å². The van der Waals surface area contributed by atoms with E-state index in [-0.39, 0.29) is 22.1 Å². The van der Waals surface area contributed by atoms with E-state index in [1.165, 1.54) is 24.3 Å². The van der Waals surface area contributed by atoms with Crippen molar-refractivity contribution in [1.82, 2.24) is 4.98 Å². The van der Waals surface area contributed by atoms with Gasteiger partial charge >= 0.3 is 0 Å². The fourth-order valence-corrected chi connectivity index (χ4v) is 3.05. The smallest absolute Gasteiger partial charge is 0.261 e. The van der Waals surface area contributed by atoms with Crippen LogP contribution in [0.5, 0.6) is 0 Å². The van der Waals surface area contributed by atoms with E-state index in [1.807, 2.05) is 0 Å². The van der Waals surface area contributed by atoms with Crippen LogP contribution in [0.2, 0.25) is 10.0 Å². The molecule has 1 heterocycles. The number of oxazole rings is 1. The van der Waals surface area contributed by atoms with Crippen LogP contribution >= 0.6 is 23.2 Å². The second-order valence-corrected chi connectivity index (χ2v) is 7.04. The molecule has 0 bridgehead atoms. The van der Waals surface area contributed by atoms with Gasteiger partial charge in [0.15, 0.2) is 28.9 Å². The Morgan fingerprint density at radius 1 is 0.839 bits per heavy atom. The number of fused-ring (bicyclic) bond motifs is 1. The summed E-state index contributed by atoms with van der Waals surface area (Å²) in [6.45, 7) is 0. The first-order chi connectivity index (χ1) is 14.7. The van der Waals surface area contributed by atoms with Gasteiger partial charge in [-0.05, 0) is 36.4 Å². The van der Waals surface area contributed by atoms with Crippen LogP contribution in [0.15, 0.2) is 40.8 Å². The van der Waals surface area contributed by atoms with Crippen LogP contribution in [0.3, 0.4) is 0 Å². The van der Waals surface area contributed by atoms with Crippen LogP contribution in [-0.4, -0.2) is 10.9 Å². The monoisotopic (exact) mass is 472 g/mol.